The molecule has 0 bridgehead atoms. The van der Waals surface area contributed by atoms with E-state index < -0.39 is 0 Å². The van der Waals surface area contributed by atoms with Crippen LogP contribution < -0.4 is 10.6 Å². The van der Waals surface area contributed by atoms with E-state index in [2.05, 4.69) is 28.8 Å². The van der Waals surface area contributed by atoms with E-state index in [4.69, 9.17) is 11.6 Å². The number of hydrogen-bond acceptors (Lipinski definition) is 2. The van der Waals surface area contributed by atoms with E-state index in [-0.39, 0.29) is 11.5 Å². The molecule has 1 aliphatic heterocycles. The fourth-order valence-electron chi connectivity index (χ4n) is 2.12. The zero-order valence-corrected chi connectivity index (χ0v) is 9.98. The molecule has 86 valence electrons. The lowest BCUT2D eigenvalue weighted by atomic mass is 10.0. The summed E-state index contributed by atoms with van der Waals surface area (Å²) in [5.41, 5.74) is 3.19. The van der Waals surface area contributed by atoms with Crippen LogP contribution in [-0.4, -0.2) is 5.50 Å². The number of nitrogens with one attached hydrogen (secondary N) is 2. The topological polar surface area (TPSA) is 24.1 Å². The van der Waals surface area contributed by atoms with Crippen molar-refractivity contribution in [2.24, 2.45) is 0 Å². The largest absolute Gasteiger partial charge is 0.373 e. The molecule has 0 radical (unpaired) electrons. The summed E-state index contributed by atoms with van der Waals surface area (Å²) in [4.78, 5) is 0. The van der Waals surface area contributed by atoms with Gasteiger partial charge in [0.05, 0.1) is 17.4 Å². The number of para-hydroxylation sites is 2. The molecule has 0 saturated carbocycles. The first-order valence-corrected chi connectivity index (χ1v) is 6.09. The predicted octanol–water partition coefficient (Wildman–Crippen LogP) is 3.83. The Morgan fingerprint density at radius 2 is 1.35 bits per heavy atom. The van der Waals surface area contributed by atoms with Crippen molar-refractivity contribution >= 4 is 23.0 Å². The molecule has 1 aliphatic rings. The van der Waals surface area contributed by atoms with E-state index in [1.165, 1.54) is 5.56 Å². The molecule has 17 heavy (non-hydrogen) atoms. The molecule has 0 fully saturated rings. The number of hydrogen-bond donors (Lipinski definition) is 2. The summed E-state index contributed by atoms with van der Waals surface area (Å²) < 4.78 is 0. The first-order chi connectivity index (χ1) is 8.34. The van der Waals surface area contributed by atoms with E-state index in [1.807, 2.05) is 36.4 Å². The van der Waals surface area contributed by atoms with E-state index in [0.717, 1.165) is 11.4 Å². The average Bonchev–Trinajstić information content (AvgIpc) is 2.39. The van der Waals surface area contributed by atoms with Crippen molar-refractivity contribution in [2.45, 2.75) is 11.5 Å². The number of fused-ring (bicyclic) bond motifs is 1. The molecule has 0 aliphatic carbocycles. The van der Waals surface area contributed by atoms with Crippen molar-refractivity contribution in [2.75, 3.05) is 10.6 Å². The van der Waals surface area contributed by atoms with Gasteiger partial charge in [0.15, 0.2) is 0 Å². The maximum atomic E-state index is 6.37. The van der Waals surface area contributed by atoms with Gasteiger partial charge in [0.2, 0.25) is 0 Å². The average molecular weight is 245 g/mol. The minimum absolute atomic E-state index is 0.0905. The molecule has 2 nitrogen and oxygen atoms in total. The Hall–Kier alpha value is -1.67. The van der Waals surface area contributed by atoms with Crippen LogP contribution in [0.3, 0.4) is 0 Å². The Labute approximate surface area is 106 Å². The molecule has 2 unspecified atom stereocenters. The Morgan fingerprint density at radius 1 is 0.765 bits per heavy atom. The summed E-state index contributed by atoms with van der Waals surface area (Å²) >= 11 is 6.37. The maximum Gasteiger partial charge on any atom is 0.126 e. The Balaban J connectivity index is 1.95. The number of alkyl halides is 1. The third kappa shape index (κ3) is 1.96. The Kier molecular flexibility index (Phi) is 2.65. The summed E-state index contributed by atoms with van der Waals surface area (Å²) in [5.74, 6) is 0. The first kappa shape index (κ1) is 10.5. The SMILES string of the molecule is ClC1Nc2ccccc2NC1c1ccccc1. The van der Waals surface area contributed by atoms with Gasteiger partial charge in [-0.25, -0.2) is 0 Å². The molecule has 0 saturated heterocycles. The monoisotopic (exact) mass is 244 g/mol. The highest BCUT2D eigenvalue weighted by Gasteiger charge is 2.26. The molecular formula is C14H13ClN2. The summed E-state index contributed by atoms with van der Waals surface area (Å²) in [6.07, 6.45) is 0. The number of benzene rings is 2. The van der Waals surface area contributed by atoms with E-state index in [9.17, 15) is 0 Å². The predicted molar refractivity (Wildman–Crippen MR) is 72.5 cm³/mol. The third-order valence-electron chi connectivity index (χ3n) is 2.98. The van der Waals surface area contributed by atoms with Gasteiger partial charge >= 0.3 is 0 Å². The number of rotatable bonds is 1. The van der Waals surface area contributed by atoms with Gasteiger partial charge < -0.3 is 10.6 Å². The van der Waals surface area contributed by atoms with Crippen LogP contribution in [0.25, 0.3) is 0 Å². The van der Waals surface area contributed by atoms with Gasteiger partial charge in [-0.3, -0.25) is 0 Å². The van der Waals surface area contributed by atoms with Gasteiger partial charge in [-0.15, -0.1) is 0 Å². The van der Waals surface area contributed by atoms with Crippen LogP contribution in [0.1, 0.15) is 11.6 Å². The van der Waals surface area contributed by atoms with E-state index in [1.54, 1.807) is 0 Å². The first-order valence-electron chi connectivity index (χ1n) is 5.66. The minimum atomic E-state index is -0.146. The molecule has 0 amide bonds. The molecule has 0 spiro atoms. The second-order valence-electron chi connectivity index (χ2n) is 4.12. The molecule has 0 aromatic heterocycles. The Bertz CT molecular complexity index is 513. The quantitative estimate of drug-likeness (QED) is 0.589. The van der Waals surface area contributed by atoms with Crippen LogP contribution in [-0.2, 0) is 0 Å². The standard InChI is InChI=1S/C14H13ClN2/c15-14-13(10-6-2-1-3-7-10)16-11-8-4-5-9-12(11)17-14/h1-9,13-14,16-17H. The lowest BCUT2D eigenvalue weighted by Gasteiger charge is -2.32. The molecular weight excluding hydrogens is 232 g/mol. The zero-order valence-electron chi connectivity index (χ0n) is 9.23. The molecule has 3 heteroatoms. The smallest absolute Gasteiger partial charge is 0.126 e. The van der Waals surface area contributed by atoms with Crippen LogP contribution in [0.2, 0.25) is 0 Å². The highest BCUT2D eigenvalue weighted by atomic mass is 35.5. The molecule has 3 rings (SSSR count). The van der Waals surface area contributed by atoms with Gasteiger partial charge in [0.1, 0.15) is 5.50 Å². The number of anilines is 2. The van der Waals surface area contributed by atoms with Gasteiger partial charge in [0.25, 0.3) is 0 Å². The van der Waals surface area contributed by atoms with Crippen LogP contribution in [0.4, 0.5) is 11.4 Å². The second kappa shape index (κ2) is 4.30. The molecule has 1 heterocycles. The lowest BCUT2D eigenvalue weighted by molar-refractivity contribution is 0.752. The molecule has 2 atom stereocenters. The lowest BCUT2D eigenvalue weighted by Crippen LogP contribution is -2.32. The van der Waals surface area contributed by atoms with Crippen LogP contribution in [0, 0.1) is 0 Å². The van der Waals surface area contributed by atoms with Gasteiger partial charge in [0, 0.05) is 0 Å². The number of halogens is 1. The van der Waals surface area contributed by atoms with Crippen molar-refractivity contribution in [3.05, 3.63) is 60.2 Å². The minimum Gasteiger partial charge on any atom is -0.373 e. The maximum absolute atomic E-state index is 6.37. The van der Waals surface area contributed by atoms with Gasteiger partial charge in [-0.2, -0.15) is 0 Å². The molecule has 2 aromatic rings. The van der Waals surface area contributed by atoms with Gasteiger partial charge in [-0.1, -0.05) is 54.1 Å². The van der Waals surface area contributed by atoms with Crippen LogP contribution in [0.15, 0.2) is 54.6 Å². The molecule has 2 N–H and O–H groups in total. The zero-order chi connectivity index (χ0) is 11.7. The highest BCUT2D eigenvalue weighted by Crippen LogP contribution is 2.35. The van der Waals surface area contributed by atoms with Crippen LogP contribution in [0.5, 0.6) is 0 Å². The normalized spacial score (nSPS) is 22.2. The summed E-state index contributed by atoms with van der Waals surface area (Å²) in [6, 6.07) is 18.4. The van der Waals surface area contributed by atoms with Crippen molar-refractivity contribution in [1.82, 2.24) is 0 Å². The third-order valence-corrected chi connectivity index (χ3v) is 3.34. The summed E-state index contributed by atoms with van der Waals surface area (Å²) in [6.45, 7) is 0. The summed E-state index contributed by atoms with van der Waals surface area (Å²) in [5, 5.41) is 6.78. The van der Waals surface area contributed by atoms with Crippen LogP contribution >= 0.6 is 11.6 Å². The van der Waals surface area contributed by atoms with E-state index >= 15 is 0 Å². The van der Waals surface area contributed by atoms with E-state index in [0.29, 0.717) is 0 Å². The van der Waals surface area contributed by atoms with Crippen molar-refractivity contribution < 1.29 is 0 Å². The van der Waals surface area contributed by atoms with Crippen molar-refractivity contribution in [3.63, 3.8) is 0 Å². The fraction of sp³-hybridized carbons (Fsp3) is 0.143. The van der Waals surface area contributed by atoms with Gasteiger partial charge in [-0.05, 0) is 17.7 Å². The Morgan fingerprint density at radius 3 is 2.06 bits per heavy atom. The molecule has 2 aromatic carbocycles. The van der Waals surface area contributed by atoms with Crippen molar-refractivity contribution in [3.8, 4) is 0 Å². The van der Waals surface area contributed by atoms with Crippen molar-refractivity contribution in [1.29, 1.82) is 0 Å². The fourth-order valence-corrected chi connectivity index (χ4v) is 2.45. The summed E-state index contributed by atoms with van der Waals surface area (Å²) in [7, 11) is 0. The highest BCUT2D eigenvalue weighted by molar-refractivity contribution is 6.22. The second-order valence-corrected chi connectivity index (χ2v) is 4.59.